The van der Waals surface area contributed by atoms with Gasteiger partial charge in [-0.15, -0.1) is 0 Å². The molecule has 2 aromatic rings. The number of hydrogen-bond acceptors (Lipinski definition) is 1. The number of nitrogens with one attached hydrogen (secondary N) is 1. The summed E-state index contributed by atoms with van der Waals surface area (Å²) in [5.74, 6) is 0.417. The Balaban J connectivity index is 2.73. The summed E-state index contributed by atoms with van der Waals surface area (Å²) in [6.45, 7) is 7.13. The zero-order valence-corrected chi connectivity index (χ0v) is 9.59. The summed E-state index contributed by atoms with van der Waals surface area (Å²) in [6.07, 6.45) is 0. The first-order chi connectivity index (χ1) is 7.15. The van der Waals surface area contributed by atoms with E-state index >= 15 is 0 Å². The van der Waals surface area contributed by atoms with Crippen molar-refractivity contribution < 1.29 is 0 Å². The molecule has 0 radical (unpaired) electrons. The number of aromatic nitrogens is 1. The van der Waals surface area contributed by atoms with Crippen molar-refractivity contribution in [3.8, 4) is 0 Å². The van der Waals surface area contributed by atoms with Crippen molar-refractivity contribution in [3.63, 3.8) is 0 Å². The predicted octanol–water partition coefficient (Wildman–Crippen LogP) is 2.85. The molecule has 1 unspecified atom stereocenters. The van der Waals surface area contributed by atoms with E-state index < -0.39 is 0 Å². The van der Waals surface area contributed by atoms with Crippen LogP contribution in [0.25, 0.3) is 10.9 Å². The average molecular weight is 202 g/mol. The Morgan fingerprint density at radius 1 is 1.33 bits per heavy atom. The monoisotopic (exact) mass is 202 g/mol. The van der Waals surface area contributed by atoms with Crippen LogP contribution in [-0.4, -0.2) is 11.5 Å². The smallest absolute Gasteiger partial charge is 0.0488 e. The van der Waals surface area contributed by atoms with Gasteiger partial charge in [0, 0.05) is 16.6 Å². The molecule has 2 nitrogen and oxygen atoms in total. The number of nitrogens with two attached hydrogens (primary N) is 1. The van der Waals surface area contributed by atoms with Crippen LogP contribution in [0.15, 0.2) is 18.2 Å². The molecule has 0 saturated heterocycles. The van der Waals surface area contributed by atoms with Gasteiger partial charge < -0.3 is 10.7 Å². The highest BCUT2D eigenvalue weighted by Crippen LogP contribution is 2.29. The van der Waals surface area contributed by atoms with Gasteiger partial charge in [-0.25, -0.2) is 0 Å². The number of benzene rings is 1. The summed E-state index contributed by atoms with van der Waals surface area (Å²) in [7, 11) is 0. The lowest BCUT2D eigenvalue weighted by atomic mass is 9.97. The topological polar surface area (TPSA) is 41.8 Å². The third-order valence-electron chi connectivity index (χ3n) is 3.13. The molecule has 1 heterocycles. The summed E-state index contributed by atoms with van der Waals surface area (Å²) in [5, 5.41) is 1.32. The largest absolute Gasteiger partial charge is 0.358 e. The molecule has 0 saturated carbocycles. The first-order valence-electron chi connectivity index (χ1n) is 5.43. The normalized spacial score (nSPS) is 13.3. The number of hydrogen-bond donors (Lipinski definition) is 2. The van der Waals surface area contributed by atoms with Crippen molar-refractivity contribution in [1.82, 2.24) is 4.98 Å². The third-order valence-corrected chi connectivity index (χ3v) is 3.13. The highest BCUT2D eigenvalue weighted by molar-refractivity contribution is 5.87. The average Bonchev–Trinajstić information content (AvgIpc) is 2.55. The van der Waals surface area contributed by atoms with E-state index in [0.29, 0.717) is 12.5 Å². The predicted molar refractivity (Wildman–Crippen MR) is 65.2 cm³/mol. The lowest BCUT2D eigenvalue weighted by molar-refractivity contribution is 0.773. The number of fused-ring (bicyclic) bond motifs is 1. The second-order valence-electron chi connectivity index (χ2n) is 4.30. The van der Waals surface area contributed by atoms with Crippen molar-refractivity contribution in [2.45, 2.75) is 26.7 Å². The number of aromatic amines is 1. The van der Waals surface area contributed by atoms with Crippen molar-refractivity contribution in [1.29, 1.82) is 0 Å². The van der Waals surface area contributed by atoms with Crippen molar-refractivity contribution >= 4 is 10.9 Å². The van der Waals surface area contributed by atoms with Gasteiger partial charge in [0.15, 0.2) is 0 Å². The first kappa shape index (κ1) is 10.2. The number of para-hydroxylation sites is 1. The Morgan fingerprint density at radius 2 is 2.07 bits per heavy atom. The van der Waals surface area contributed by atoms with E-state index in [2.05, 4.69) is 44.0 Å². The lowest BCUT2D eigenvalue weighted by Crippen LogP contribution is -2.09. The molecular weight excluding hydrogens is 184 g/mol. The fourth-order valence-corrected chi connectivity index (χ4v) is 2.27. The van der Waals surface area contributed by atoms with E-state index in [9.17, 15) is 0 Å². The Hall–Kier alpha value is -1.28. The first-order valence-corrected chi connectivity index (χ1v) is 5.43. The molecule has 0 fully saturated rings. The number of rotatable bonds is 2. The Morgan fingerprint density at radius 3 is 2.73 bits per heavy atom. The van der Waals surface area contributed by atoms with Gasteiger partial charge in [0.1, 0.15) is 0 Å². The minimum absolute atomic E-state index is 0.417. The molecule has 80 valence electrons. The number of H-pyrrole nitrogens is 1. The minimum Gasteiger partial charge on any atom is -0.358 e. The summed E-state index contributed by atoms with van der Waals surface area (Å²) >= 11 is 0. The van der Waals surface area contributed by atoms with Crippen molar-refractivity contribution in [2.75, 3.05) is 6.54 Å². The lowest BCUT2D eigenvalue weighted by Gasteiger charge is -2.08. The highest BCUT2D eigenvalue weighted by Gasteiger charge is 2.14. The maximum atomic E-state index is 5.75. The molecule has 0 aliphatic carbocycles. The molecule has 1 atom stereocenters. The van der Waals surface area contributed by atoms with E-state index in [1.54, 1.807) is 0 Å². The molecule has 0 bridgehead atoms. The molecule has 0 aliphatic heterocycles. The van der Waals surface area contributed by atoms with Crippen molar-refractivity contribution in [3.05, 3.63) is 35.0 Å². The molecule has 0 amide bonds. The molecule has 0 spiro atoms. The minimum atomic E-state index is 0.417. The van der Waals surface area contributed by atoms with Gasteiger partial charge in [0.2, 0.25) is 0 Å². The van der Waals surface area contributed by atoms with E-state index in [4.69, 9.17) is 5.73 Å². The fraction of sp³-hybridized carbons (Fsp3) is 0.385. The Kier molecular flexibility index (Phi) is 2.53. The highest BCUT2D eigenvalue weighted by atomic mass is 14.7. The quantitative estimate of drug-likeness (QED) is 0.772. The second-order valence-corrected chi connectivity index (χ2v) is 4.30. The zero-order chi connectivity index (χ0) is 11.0. The van der Waals surface area contributed by atoms with Crippen LogP contribution < -0.4 is 5.73 Å². The second kappa shape index (κ2) is 3.70. The van der Waals surface area contributed by atoms with Gasteiger partial charge in [-0.05, 0) is 37.4 Å². The van der Waals surface area contributed by atoms with E-state index in [1.165, 1.54) is 27.7 Å². The van der Waals surface area contributed by atoms with Gasteiger partial charge in [0.25, 0.3) is 0 Å². The van der Waals surface area contributed by atoms with Crippen LogP contribution in [-0.2, 0) is 0 Å². The van der Waals surface area contributed by atoms with E-state index in [-0.39, 0.29) is 0 Å². The summed E-state index contributed by atoms with van der Waals surface area (Å²) in [6, 6.07) is 6.42. The maximum absolute atomic E-state index is 5.75. The van der Waals surface area contributed by atoms with Gasteiger partial charge in [-0.2, -0.15) is 0 Å². The van der Waals surface area contributed by atoms with E-state index in [0.717, 1.165) is 0 Å². The Labute approximate surface area is 90.5 Å². The van der Waals surface area contributed by atoms with Gasteiger partial charge in [-0.1, -0.05) is 25.1 Å². The van der Waals surface area contributed by atoms with Crippen LogP contribution in [0.2, 0.25) is 0 Å². The fourth-order valence-electron chi connectivity index (χ4n) is 2.27. The standard InChI is InChI=1S/C13H18N2/c1-8-5-4-6-11-12(9(2)7-14)10(3)15-13(8)11/h4-6,9,15H,7,14H2,1-3H3. The third kappa shape index (κ3) is 1.55. The summed E-state index contributed by atoms with van der Waals surface area (Å²) in [4.78, 5) is 3.46. The molecule has 3 N–H and O–H groups in total. The number of aryl methyl sites for hydroxylation is 2. The molecular formula is C13H18N2. The van der Waals surface area contributed by atoms with Crippen LogP contribution in [0.5, 0.6) is 0 Å². The SMILES string of the molecule is Cc1[nH]c2c(C)cccc2c1C(C)CN. The van der Waals surface area contributed by atoms with E-state index in [1.807, 2.05) is 0 Å². The van der Waals surface area contributed by atoms with Gasteiger partial charge in [0.05, 0.1) is 0 Å². The van der Waals surface area contributed by atoms with Gasteiger partial charge in [-0.3, -0.25) is 0 Å². The molecule has 0 aliphatic rings. The van der Waals surface area contributed by atoms with Crippen LogP contribution >= 0.6 is 0 Å². The van der Waals surface area contributed by atoms with Crippen LogP contribution in [0, 0.1) is 13.8 Å². The van der Waals surface area contributed by atoms with Crippen LogP contribution in [0.4, 0.5) is 0 Å². The molecule has 1 aromatic carbocycles. The maximum Gasteiger partial charge on any atom is 0.0488 e. The summed E-state index contributed by atoms with van der Waals surface area (Å²) < 4.78 is 0. The van der Waals surface area contributed by atoms with Gasteiger partial charge >= 0.3 is 0 Å². The summed E-state index contributed by atoms with van der Waals surface area (Å²) in [5.41, 5.74) is 10.9. The molecule has 2 rings (SSSR count). The Bertz CT molecular complexity index is 482. The molecule has 2 heteroatoms. The zero-order valence-electron chi connectivity index (χ0n) is 9.59. The van der Waals surface area contributed by atoms with Crippen molar-refractivity contribution in [2.24, 2.45) is 5.73 Å². The molecule has 15 heavy (non-hydrogen) atoms. The van der Waals surface area contributed by atoms with Crippen LogP contribution in [0.1, 0.15) is 29.7 Å². The molecule has 1 aromatic heterocycles. The van der Waals surface area contributed by atoms with Crippen LogP contribution in [0.3, 0.4) is 0 Å².